The molecule has 0 atom stereocenters. The standard InChI is InChI=1S/C19H22N4O/c20-19(24)17-11-16-8-4-7-15-9-10-22(13-18(15)23(16)21-17)12-14-5-2-1-3-6-14/h1-3,5-6,11H,4,7-10,12-13H2,(H2,20,24). The van der Waals surface area contributed by atoms with E-state index >= 15 is 0 Å². The van der Waals surface area contributed by atoms with Crippen molar-refractivity contribution in [1.29, 1.82) is 0 Å². The van der Waals surface area contributed by atoms with E-state index < -0.39 is 5.91 Å². The predicted molar refractivity (Wildman–Crippen MR) is 93.2 cm³/mol. The fourth-order valence-electron chi connectivity index (χ4n) is 3.74. The van der Waals surface area contributed by atoms with Gasteiger partial charge in [-0.05, 0) is 42.9 Å². The zero-order valence-electron chi connectivity index (χ0n) is 13.7. The van der Waals surface area contributed by atoms with E-state index in [9.17, 15) is 4.79 Å². The molecule has 24 heavy (non-hydrogen) atoms. The summed E-state index contributed by atoms with van der Waals surface area (Å²) in [5.74, 6) is -0.449. The van der Waals surface area contributed by atoms with Crippen molar-refractivity contribution >= 4 is 11.6 Å². The van der Waals surface area contributed by atoms with E-state index in [1.807, 2.05) is 16.8 Å². The lowest BCUT2D eigenvalue weighted by molar-refractivity contribution is 0.0995. The highest BCUT2D eigenvalue weighted by molar-refractivity contribution is 5.91. The van der Waals surface area contributed by atoms with Crippen LogP contribution >= 0.6 is 0 Å². The number of fused-ring (bicyclic) bond motifs is 2. The van der Waals surface area contributed by atoms with Crippen LogP contribution in [-0.4, -0.2) is 33.7 Å². The molecule has 1 amide bonds. The third-order valence-electron chi connectivity index (χ3n) is 4.96. The van der Waals surface area contributed by atoms with Crippen LogP contribution in [0.5, 0.6) is 0 Å². The quantitative estimate of drug-likeness (QED) is 0.944. The number of carbonyl (C=O) groups is 1. The molecule has 2 aliphatic rings. The maximum atomic E-state index is 11.5. The first-order valence-electron chi connectivity index (χ1n) is 8.57. The van der Waals surface area contributed by atoms with Gasteiger partial charge in [0.1, 0.15) is 0 Å². The monoisotopic (exact) mass is 322 g/mol. The fraction of sp³-hybridized carbons (Fsp3) is 0.368. The molecule has 0 fully saturated rings. The number of carbonyl (C=O) groups excluding carboxylic acids is 1. The summed E-state index contributed by atoms with van der Waals surface area (Å²) < 4.78 is 1.99. The van der Waals surface area contributed by atoms with Crippen LogP contribution < -0.4 is 5.73 Å². The topological polar surface area (TPSA) is 64.2 Å². The van der Waals surface area contributed by atoms with Crippen molar-refractivity contribution in [1.82, 2.24) is 14.7 Å². The van der Waals surface area contributed by atoms with Crippen LogP contribution in [0.3, 0.4) is 0 Å². The van der Waals surface area contributed by atoms with Crippen molar-refractivity contribution in [2.75, 3.05) is 13.1 Å². The fourth-order valence-corrected chi connectivity index (χ4v) is 3.74. The molecule has 0 bridgehead atoms. The van der Waals surface area contributed by atoms with Gasteiger partial charge in [0.15, 0.2) is 5.69 Å². The molecule has 1 aromatic carbocycles. The average Bonchev–Trinajstić information content (AvgIpc) is 2.94. The lowest BCUT2D eigenvalue weighted by atomic mass is 10.00. The van der Waals surface area contributed by atoms with Crippen LogP contribution in [0.4, 0.5) is 0 Å². The first-order chi connectivity index (χ1) is 11.7. The number of hydrogen-bond acceptors (Lipinski definition) is 3. The van der Waals surface area contributed by atoms with Crippen LogP contribution in [0.2, 0.25) is 0 Å². The van der Waals surface area contributed by atoms with Gasteiger partial charge in [0.25, 0.3) is 5.91 Å². The number of rotatable bonds is 3. The molecule has 2 N–H and O–H groups in total. The van der Waals surface area contributed by atoms with Gasteiger partial charge >= 0.3 is 0 Å². The number of aryl methyl sites for hydroxylation is 1. The molecular weight excluding hydrogens is 300 g/mol. The van der Waals surface area contributed by atoms with Gasteiger partial charge in [0, 0.05) is 25.3 Å². The lowest BCUT2D eigenvalue weighted by Gasteiger charge is -2.30. The highest BCUT2D eigenvalue weighted by Gasteiger charge is 2.25. The van der Waals surface area contributed by atoms with E-state index in [2.05, 4.69) is 34.3 Å². The average molecular weight is 322 g/mol. The molecule has 2 aromatic rings. The number of primary amides is 1. The Balaban J connectivity index is 1.62. The Kier molecular flexibility index (Phi) is 3.94. The smallest absolute Gasteiger partial charge is 0.269 e. The van der Waals surface area contributed by atoms with Crippen LogP contribution in [0.15, 0.2) is 42.0 Å². The van der Waals surface area contributed by atoms with Gasteiger partial charge < -0.3 is 5.73 Å². The lowest BCUT2D eigenvalue weighted by Crippen LogP contribution is -2.32. The molecule has 5 nitrogen and oxygen atoms in total. The zero-order valence-corrected chi connectivity index (χ0v) is 13.7. The molecule has 0 aliphatic carbocycles. The molecule has 3 heterocycles. The summed E-state index contributed by atoms with van der Waals surface area (Å²) in [5.41, 5.74) is 11.0. The summed E-state index contributed by atoms with van der Waals surface area (Å²) in [5, 5.41) is 4.49. The minimum Gasteiger partial charge on any atom is -0.364 e. The van der Waals surface area contributed by atoms with Crippen molar-refractivity contribution in [2.45, 2.75) is 32.2 Å². The molecule has 0 saturated heterocycles. The molecule has 0 saturated carbocycles. The van der Waals surface area contributed by atoms with E-state index in [4.69, 9.17) is 5.73 Å². The second kappa shape index (κ2) is 6.24. The summed E-state index contributed by atoms with van der Waals surface area (Å²) in [7, 11) is 0. The van der Waals surface area contributed by atoms with Crippen molar-refractivity contribution in [2.24, 2.45) is 5.73 Å². The molecule has 2 aliphatic heterocycles. The van der Waals surface area contributed by atoms with Gasteiger partial charge in [-0.1, -0.05) is 30.3 Å². The van der Waals surface area contributed by atoms with Crippen molar-refractivity contribution in [3.63, 3.8) is 0 Å². The van der Waals surface area contributed by atoms with Crippen LogP contribution in [0, 0.1) is 0 Å². The van der Waals surface area contributed by atoms with Gasteiger partial charge in [0.05, 0.1) is 5.70 Å². The first-order valence-corrected chi connectivity index (χ1v) is 8.57. The molecule has 0 unspecified atom stereocenters. The number of aromatic nitrogens is 2. The molecule has 5 heteroatoms. The van der Waals surface area contributed by atoms with Crippen LogP contribution in [0.1, 0.15) is 41.0 Å². The summed E-state index contributed by atoms with van der Waals surface area (Å²) in [6.07, 6.45) is 4.27. The third-order valence-corrected chi connectivity index (χ3v) is 4.96. The van der Waals surface area contributed by atoms with E-state index in [1.54, 1.807) is 0 Å². The Morgan fingerprint density at radius 2 is 2.00 bits per heavy atom. The molecular formula is C19H22N4O. The van der Waals surface area contributed by atoms with Gasteiger partial charge in [0.2, 0.25) is 0 Å². The Hall–Kier alpha value is -2.40. The van der Waals surface area contributed by atoms with Crippen molar-refractivity contribution < 1.29 is 4.79 Å². The molecule has 4 rings (SSSR count). The van der Waals surface area contributed by atoms with Crippen molar-refractivity contribution in [3.05, 3.63) is 58.9 Å². The second-order valence-electron chi connectivity index (χ2n) is 6.65. The summed E-state index contributed by atoms with van der Waals surface area (Å²) in [4.78, 5) is 13.9. The first kappa shape index (κ1) is 15.1. The number of amides is 1. The highest BCUT2D eigenvalue weighted by Crippen LogP contribution is 2.31. The van der Waals surface area contributed by atoms with Gasteiger partial charge in [-0.25, -0.2) is 4.68 Å². The number of nitrogens with two attached hydrogens (primary N) is 1. The van der Waals surface area contributed by atoms with Crippen molar-refractivity contribution in [3.8, 4) is 0 Å². The Labute approximate surface area is 141 Å². The minimum absolute atomic E-state index is 0.374. The highest BCUT2D eigenvalue weighted by atomic mass is 16.1. The minimum atomic E-state index is -0.449. The third kappa shape index (κ3) is 2.87. The van der Waals surface area contributed by atoms with Gasteiger partial charge in [-0.15, -0.1) is 0 Å². The predicted octanol–water partition coefficient (Wildman–Crippen LogP) is 2.44. The maximum absolute atomic E-state index is 11.5. The Morgan fingerprint density at radius 1 is 1.17 bits per heavy atom. The summed E-state index contributed by atoms with van der Waals surface area (Å²) in [6, 6.07) is 12.4. The molecule has 0 radical (unpaired) electrons. The zero-order chi connectivity index (χ0) is 16.5. The molecule has 0 spiro atoms. The summed E-state index contributed by atoms with van der Waals surface area (Å²) in [6.45, 7) is 2.89. The normalized spacial score (nSPS) is 18.0. The SMILES string of the molecule is NC(=O)c1cc2n(n1)C1=C(CCC2)CCN(Cc2ccccc2)C1. The van der Waals surface area contributed by atoms with Gasteiger partial charge in [-0.3, -0.25) is 9.69 Å². The number of nitrogens with zero attached hydrogens (tertiary/aromatic N) is 3. The molecule has 1 aromatic heterocycles. The van der Waals surface area contributed by atoms with E-state index in [-0.39, 0.29) is 0 Å². The Morgan fingerprint density at radius 3 is 2.79 bits per heavy atom. The Bertz CT molecular complexity index is 791. The largest absolute Gasteiger partial charge is 0.364 e. The van der Waals surface area contributed by atoms with Crippen LogP contribution in [-0.2, 0) is 13.0 Å². The maximum Gasteiger partial charge on any atom is 0.269 e. The van der Waals surface area contributed by atoms with E-state index in [0.29, 0.717) is 5.69 Å². The summed E-state index contributed by atoms with van der Waals surface area (Å²) >= 11 is 0. The number of hydrogen-bond donors (Lipinski definition) is 1. The van der Waals surface area contributed by atoms with Gasteiger partial charge in [-0.2, -0.15) is 5.10 Å². The second-order valence-corrected chi connectivity index (χ2v) is 6.65. The van der Waals surface area contributed by atoms with E-state index in [1.165, 1.54) is 16.8 Å². The van der Waals surface area contributed by atoms with Crippen LogP contribution in [0.25, 0.3) is 5.70 Å². The number of benzene rings is 1. The van der Waals surface area contributed by atoms with E-state index in [0.717, 1.165) is 51.0 Å². The molecule has 124 valence electrons.